The first-order valence-corrected chi connectivity index (χ1v) is 11.8. The molecule has 0 radical (unpaired) electrons. The van der Waals surface area contributed by atoms with E-state index in [1.807, 2.05) is 6.92 Å². The van der Waals surface area contributed by atoms with Crippen LogP contribution in [0, 0.1) is 0 Å². The summed E-state index contributed by atoms with van der Waals surface area (Å²) >= 11 is 0. The Morgan fingerprint density at radius 2 is 1.74 bits per heavy atom. The topological polar surface area (TPSA) is 80.1 Å². The van der Waals surface area contributed by atoms with Gasteiger partial charge >= 0.3 is 17.8 Å². The number of carbonyl (C=O) groups is 2. The lowest BCUT2D eigenvalue weighted by Gasteiger charge is -2.22. The van der Waals surface area contributed by atoms with Crippen molar-refractivity contribution in [2.75, 3.05) is 20.2 Å². The van der Waals surface area contributed by atoms with E-state index in [1.165, 1.54) is 21.9 Å². The Hall–Kier alpha value is -3.04. The monoisotopic (exact) mass is 496 g/mol. The number of carbonyl (C=O) groups excluding carboxylic acids is 2. The lowest BCUT2D eigenvalue weighted by Crippen LogP contribution is -2.41. The molecule has 0 N–H and O–H groups in total. The molecule has 0 bridgehead atoms. The van der Waals surface area contributed by atoms with E-state index in [4.69, 9.17) is 9.15 Å². The van der Waals surface area contributed by atoms with Crippen LogP contribution < -0.4 is 10.4 Å². The summed E-state index contributed by atoms with van der Waals surface area (Å²) in [5.41, 5.74) is -2.54. The van der Waals surface area contributed by atoms with Crippen molar-refractivity contribution in [1.82, 2.24) is 9.80 Å². The molecular weight excluding hydrogens is 465 g/mol. The number of ether oxygens (including phenoxy) is 1. The molecule has 192 valence electrons. The van der Waals surface area contributed by atoms with E-state index in [0.717, 1.165) is 12.8 Å². The first-order chi connectivity index (χ1) is 16.4. The third-order valence-electron chi connectivity index (χ3n) is 6.44. The van der Waals surface area contributed by atoms with Gasteiger partial charge in [-0.25, -0.2) is 9.59 Å². The van der Waals surface area contributed by atoms with Gasteiger partial charge in [0.05, 0.1) is 12.2 Å². The molecule has 0 spiro atoms. The normalized spacial score (nSPS) is 16.0. The summed E-state index contributed by atoms with van der Waals surface area (Å²) in [5, 5.41) is -0.160. The lowest BCUT2D eigenvalue weighted by atomic mass is 10.0. The quantitative estimate of drug-likeness (QED) is 0.251. The number of nitrogens with zero attached hydrogens (tertiary/aromatic N) is 2. The van der Waals surface area contributed by atoms with Gasteiger partial charge in [0.2, 0.25) is 0 Å². The van der Waals surface area contributed by atoms with Gasteiger partial charge in [-0.2, -0.15) is 13.2 Å². The van der Waals surface area contributed by atoms with Crippen LogP contribution in [0.5, 0.6) is 5.75 Å². The molecule has 2 heterocycles. The molecule has 7 nitrogen and oxygen atoms in total. The Morgan fingerprint density at radius 3 is 2.34 bits per heavy atom. The zero-order valence-corrected chi connectivity index (χ0v) is 20.5. The molecule has 0 unspecified atom stereocenters. The maximum absolute atomic E-state index is 13.4. The molecule has 0 saturated carbocycles. The van der Waals surface area contributed by atoms with Crippen LogP contribution in [0.1, 0.15) is 64.0 Å². The van der Waals surface area contributed by atoms with Crippen LogP contribution in [0.15, 0.2) is 27.4 Å². The predicted octanol–water partition coefficient (Wildman–Crippen LogP) is 5.38. The van der Waals surface area contributed by atoms with Crippen LogP contribution in [0.4, 0.5) is 18.0 Å². The zero-order chi connectivity index (χ0) is 26.0. The van der Waals surface area contributed by atoms with E-state index in [9.17, 15) is 27.6 Å². The third kappa shape index (κ3) is 5.46. The molecule has 1 saturated heterocycles. The number of alkyl halides is 3. The van der Waals surface area contributed by atoms with Crippen LogP contribution in [-0.4, -0.2) is 47.5 Å². The first kappa shape index (κ1) is 26.6. The molecule has 2 aromatic rings. The average molecular weight is 497 g/mol. The van der Waals surface area contributed by atoms with Gasteiger partial charge in [0.25, 0.3) is 5.91 Å². The van der Waals surface area contributed by atoms with E-state index >= 15 is 0 Å². The fourth-order valence-corrected chi connectivity index (χ4v) is 4.21. The van der Waals surface area contributed by atoms with Crippen molar-refractivity contribution < 1.29 is 31.9 Å². The fourth-order valence-electron chi connectivity index (χ4n) is 4.21. The average Bonchev–Trinajstić information content (AvgIpc) is 2.93. The number of hydrogen-bond acceptors (Lipinski definition) is 5. The second kappa shape index (κ2) is 10.3. The van der Waals surface area contributed by atoms with Gasteiger partial charge in [0.1, 0.15) is 16.9 Å². The van der Waals surface area contributed by atoms with E-state index in [1.54, 1.807) is 20.9 Å². The highest BCUT2D eigenvalue weighted by atomic mass is 19.4. The largest absolute Gasteiger partial charge is 0.493 e. The Morgan fingerprint density at radius 1 is 1.06 bits per heavy atom. The summed E-state index contributed by atoms with van der Waals surface area (Å²) in [4.78, 5) is 39.2. The molecular formula is C25H31F3N2O5. The van der Waals surface area contributed by atoms with Crippen molar-refractivity contribution in [3.05, 3.63) is 39.7 Å². The second-order valence-corrected chi connectivity index (χ2v) is 9.27. The van der Waals surface area contributed by atoms with Crippen molar-refractivity contribution >= 4 is 22.9 Å². The van der Waals surface area contributed by atoms with Crippen LogP contribution in [0.3, 0.4) is 0 Å². The Balaban J connectivity index is 1.58. The van der Waals surface area contributed by atoms with Gasteiger partial charge in [-0.3, -0.25) is 9.69 Å². The van der Waals surface area contributed by atoms with Crippen LogP contribution in [0.25, 0.3) is 11.0 Å². The highest BCUT2D eigenvalue weighted by Gasteiger charge is 2.48. The van der Waals surface area contributed by atoms with Crippen LogP contribution in [-0.2, 0) is 17.4 Å². The van der Waals surface area contributed by atoms with E-state index in [0.29, 0.717) is 56.2 Å². The molecule has 3 amide bonds. The molecule has 1 aromatic carbocycles. The van der Waals surface area contributed by atoms with Crippen molar-refractivity contribution in [2.24, 2.45) is 0 Å². The molecule has 1 aliphatic rings. The Bertz CT molecular complexity index is 1160. The number of hydrogen-bond donors (Lipinski definition) is 0. The minimum Gasteiger partial charge on any atom is -0.493 e. The molecule has 1 aliphatic heterocycles. The van der Waals surface area contributed by atoms with Gasteiger partial charge in [0, 0.05) is 30.6 Å². The van der Waals surface area contributed by atoms with Crippen molar-refractivity contribution in [1.29, 1.82) is 0 Å². The van der Waals surface area contributed by atoms with Gasteiger partial charge in [-0.05, 0) is 45.2 Å². The molecule has 10 heteroatoms. The van der Waals surface area contributed by atoms with Crippen molar-refractivity contribution in [3.63, 3.8) is 0 Å². The molecule has 0 atom stereocenters. The highest BCUT2D eigenvalue weighted by molar-refractivity contribution is 6.06. The maximum Gasteiger partial charge on any atom is 0.417 e. The number of likely N-dealkylation sites (N-methyl/N-ethyl adjacent to an activating group) is 1. The number of unbranched alkanes of at least 4 members (excludes halogenated alkanes) is 3. The Kier molecular flexibility index (Phi) is 7.81. The predicted molar refractivity (Wildman–Crippen MR) is 124 cm³/mol. The number of fused-ring (bicyclic) bond motifs is 1. The number of halogens is 3. The number of aryl methyl sites for hydroxylation is 1. The minimum atomic E-state index is -4.67. The van der Waals surface area contributed by atoms with E-state index in [2.05, 4.69) is 0 Å². The van der Waals surface area contributed by atoms with E-state index in [-0.39, 0.29) is 22.9 Å². The number of amides is 3. The molecule has 1 aromatic heterocycles. The summed E-state index contributed by atoms with van der Waals surface area (Å²) < 4.78 is 51.3. The molecule has 3 rings (SSSR count). The molecule has 1 fully saturated rings. The summed E-state index contributed by atoms with van der Waals surface area (Å²) in [6.07, 6.45) is -0.703. The third-order valence-corrected chi connectivity index (χ3v) is 6.44. The number of rotatable bonds is 10. The minimum absolute atomic E-state index is 0.0861. The number of benzene rings is 1. The highest BCUT2D eigenvalue weighted by Crippen LogP contribution is 2.37. The summed E-state index contributed by atoms with van der Waals surface area (Å²) in [7, 11) is 1.62. The van der Waals surface area contributed by atoms with Gasteiger partial charge in [-0.1, -0.05) is 26.2 Å². The summed E-state index contributed by atoms with van der Waals surface area (Å²) in [6, 6.07) is 2.95. The zero-order valence-electron chi connectivity index (χ0n) is 20.5. The summed E-state index contributed by atoms with van der Waals surface area (Å²) in [6.45, 7) is 6.02. The number of imide groups is 1. The van der Waals surface area contributed by atoms with Crippen molar-refractivity contribution in [2.45, 2.75) is 71.0 Å². The van der Waals surface area contributed by atoms with Crippen LogP contribution >= 0.6 is 0 Å². The fraction of sp³-hybridized carbons (Fsp3) is 0.560. The Labute approximate surface area is 201 Å². The molecule has 35 heavy (non-hydrogen) atoms. The van der Waals surface area contributed by atoms with Gasteiger partial charge in [-0.15, -0.1) is 0 Å². The maximum atomic E-state index is 13.4. The number of urea groups is 1. The second-order valence-electron chi connectivity index (χ2n) is 9.27. The van der Waals surface area contributed by atoms with Crippen LogP contribution in [0.2, 0.25) is 0 Å². The lowest BCUT2D eigenvalue weighted by molar-refractivity contribution is -0.136. The van der Waals surface area contributed by atoms with Gasteiger partial charge < -0.3 is 14.1 Å². The molecule has 0 aliphatic carbocycles. The SMILES string of the molecule is CCCc1c(OCCCCCCN2C(=O)N(C)C(C)(C)C2=O)ccc2c(C(F)(F)F)cc(=O)oc12. The van der Waals surface area contributed by atoms with Gasteiger partial charge in [0.15, 0.2) is 0 Å². The smallest absolute Gasteiger partial charge is 0.417 e. The first-order valence-electron chi connectivity index (χ1n) is 11.8. The standard InChI is InChI=1S/C25H31F3N2O5/c1-5-10-17-19(12-11-16-18(25(26,27)28)15-20(31)35-21(16)17)34-14-9-7-6-8-13-30-22(32)24(2,3)29(4)23(30)33/h11-12,15H,5-10,13-14H2,1-4H3. The summed E-state index contributed by atoms with van der Waals surface area (Å²) in [5.74, 6) is 0.203. The van der Waals surface area contributed by atoms with Crippen molar-refractivity contribution in [3.8, 4) is 5.75 Å². The van der Waals surface area contributed by atoms with E-state index < -0.39 is 22.9 Å².